The molecule has 1 N–H and O–H groups in total. The highest BCUT2D eigenvalue weighted by Crippen LogP contribution is 2.30. The summed E-state index contributed by atoms with van der Waals surface area (Å²) in [6.45, 7) is 0. The molecule has 112 valence electrons. The first-order valence-electron chi connectivity index (χ1n) is 6.67. The first-order chi connectivity index (χ1) is 10.0. The van der Waals surface area contributed by atoms with Crippen LogP contribution < -0.4 is 10.1 Å². The van der Waals surface area contributed by atoms with Crippen LogP contribution in [0.25, 0.3) is 0 Å². The van der Waals surface area contributed by atoms with Crippen molar-refractivity contribution in [1.29, 1.82) is 0 Å². The Morgan fingerprint density at radius 3 is 2.62 bits per heavy atom. The number of nitro groups is 1. The predicted molar refractivity (Wildman–Crippen MR) is 74.4 cm³/mol. The average Bonchev–Trinajstić information content (AvgIpc) is 2.48. The molecule has 1 aliphatic carbocycles. The van der Waals surface area contributed by atoms with E-state index in [1.54, 1.807) is 0 Å². The summed E-state index contributed by atoms with van der Waals surface area (Å²) in [4.78, 5) is 33.8. The van der Waals surface area contributed by atoms with Gasteiger partial charge in [-0.1, -0.05) is 6.07 Å². The van der Waals surface area contributed by atoms with Crippen molar-refractivity contribution in [2.45, 2.75) is 31.7 Å². The number of benzene rings is 1. The fourth-order valence-corrected chi connectivity index (χ4v) is 2.41. The summed E-state index contributed by atoms with van der Waals surface area (Å²) in [5, 5.41) is 13.7. The third-order valence-electron chi connectivity index (χ3n) is 3.52. The molecule has 0 unspecified atom stereocenters. The van der Waals surface area contributed by atoms with Gasteiger partial charge in [0.2, 0.25) is 5.75 Å². The number of hydrogen-bond acceptors (Lipinski definition) is 5. The lowest BCUT2D eigenvalue weighted by atomic mass is 9.94. The zero-order valence-corrected chi connectivity index (χ0v) is 11.6. The van der Waals surface area contributed by atoms with Crippen LogP contribution in [-0.4, -0.2) is 29.8 Å². The maximum absolute atomic E-state index is 12.3. The minimum absolute atomic E-state index is 0.0492. The van der Waals surface area contributed by atoms with E-state index >= 15 is 0 Å². The molecule has 1 aromatic rings. The fraction of sp³-hybridized carbons (Fsp3) is 0.429. The molecule has 1 fully saturated rings. The van der Waals surface area contributed by atoms with Gasteiger partial charge in [-0.15, -0.1) is 0 Å². The van der Waals surface area contributed by atoms with Crippen molar-refractivity contribution in [1.82, 2.24) is 5.32 Å². The lowest BCUT2D eigenvalue weighted by molar-refractivity contribution is -0.385. The van der Waals surface area contributed by atoms with Gasteiger partial charge in [-0.3, -0.25) is 19.7 Å². The zero-order chi connectivity index (χ0) is 15.4. The number of nitrogens with one attached hydrogen (secondary N) is 1. The normalized spacial score (nSPS) is 15.6. The lowest BCUT2D eigenvalue weighted by Gasteiger charge is -2.22. The molecule has 0 spiro atoms. The predicted octanol–water partition coefficient (Wildman–Crippen LogP) is 1.84. The molecule has 7 nitrogen and oxygen atoms in total. The van der Waals surface area contributed by atoms with Crippen LogP contribution in [-0.2, 0) is 4.79 Å². The van der Waals surface area contributed by atoms with Gasteiger partial charge in [0.25, 0.3) is 5.91 Å². The Morgan fingerprint density at radius 1 is 1.38 bits per heavy atom. The van der Waals surface area contributed by atoms with E-state index < -0.39 is 10.8 Å². The number of para-hydroxylation sites is 1. The molecule has 21 heavy (non-hydrogen) atoms. The van der Waals surface area contributed by atoms with Crippen LogP contribution in [0.2, 0.25) is 0 Å². The van der Waals surface area contributed by atoms with Crippen LogP contribution in [0, 0.1) is 10.1 Å². The minimum Gasteiger partial charge on any atom is -0.490 e. The van der Waals surface area contributed by atoms with Crippen molar-refractivity contribution < 1.29 is 19.2 Å². The lowest BCUT2D eigenvalue weighted by Crippen LogP contribution is -2.37. The summed E-state index contributed by atoms with van der Waals surface area (Å²) >= 11 is 0. The molecule has 1 aliphatic rings. The van der Waals surface area contributed by atoms with Crippen LogP contribution in [0.15, 0.2) is 18.2 Å². The number of methoxy groups -OCH3 is 1. The van der Waals surface area contributed by atoms with E-state index in [0.29, 0.717) is 25.7 Å². The third kappa shape index (κ3) is 3.36. The highest BCUT2D eigenvalue weighted by atomic mass is 16.6. The van der Waals surface area contributed by atoms with E-state index in [-0.39, 0.29) is 28.8 Å². The van der Waals surface area contributed by atoms with E-state index in [4.69, 9.17) is 4.74 Å². The van der Waals surface area contributed by atoms with Gasteiger partial charge in [0, 0.05) is 24.9 Å². The maximum Gasteiger partial charge on any atom is 0.311 e. The number of ketones is 1. The molecule has 0 bridgehead atoms. The second-order valence-electron chi connectivity index (χ2n) is 4.90. The van der Waals surface area contributed by atoms with Crippen LogP contribution in [0.4, 0.5) is 5.69 Å². The van der Waals surface area contributed by atoms with Crippen molar-refractivity contribution in [2.75, 3.05) is 7.11 Å². The monoisotopic (exact) mass is 292 g/mol. The van der Waals surface area contributed by atoms with Gasteiger partial charge >= 0.3 is 5.69 Å². The number of nitro benzene ring substituents is 1. The van der Waals surface area contributed by atoms with Crippen molar-refractivity contribution in [3.63, 3.8) is 0 Å². The molecule has 1 amide bonds. The first kappa shape index (κ1) is 15.0. The minimum atomic E-state index is -0.588. The largest absolute Gasteiger partial charge is 0.490 e. The SMILES string of the molecule is COc1c(C(=O)NC2CCC(=O)CC2)cccc1[N+](=O)[O-]. The molecule has 0 radical (unpaired) electrons. The van der Waals surface area contributed by atoms with Gasteiger partial charge in [-0.25, -0.2) is 0 Å². The fourth-order valence-electron chi connectivity index (χ4n) is 2.41. The highest BCUT2D eigenvalue weighted by Gasteiger charge is 2.25. The molecular weight excluding hydrogens is 276 g/mol. The van der Waals surface area contributed by atoms with Crippen LogP contribution in [0.1, 0.15) is 36.0 Å². The quantitative estimate of drug-likeness (QED) is 0.674. The molecule has 2 rings (SSSR count). The number of rotatable bonds is 4. The summed E-state index contributed by atoms with van der Waals surface area (Å²) < 4.78 is 5.01. The summed E-state index contributed by atoms with van der Waals surface area (Å²) in [5.41, 5.74) is -0.118. The van der Waals surface area contributed by atoms with Gasteiger partial charge in [-0.2, -0.15) is 0 Å². The molecule has 0 saturated heterocycles. The summed E-state index contributed by atoms with van der Waals surface area (Å²) in [5.74, 6) is -0.268. The van der Waals surface area contributed by atoms with Crippen LogP contribution in [0.5, 0.6) is 5.75 Å². The average molecular weight is 292 g/mol. The third-order valence-corrected chi connectivity index (χ3v) is 3.52. The van der Waals surface area contributed by atoms with Gasteiger partial charge in [0.1, 0.15) is 5.78 Å². The number of ether oxygens (including phenoxy) is 1. The summed E-state index contributed by atoms with van der Waals surface area (Å²) in [6, 6.07) is 4.13. The number of carbonyl (C=O) groups is 2. The zero-order valence-electron chi connectivity index (χ0n) is 11.6. The Labute approximate surface area is 121 Å². The highest BCUT2D eigenvalue weighted by molar-refractivity contribution is 5.98. The van der Waals surface area contributed by atoms with Crippen molar-refractivity contribution in [3.8, 4) is 5.75 Å². The Kier molecular flexibility index (Phi) is 4.52. The van der Waals surface area contributed by atoms with Gasteiger partial charge < -0.3 is 10.1 Å². The second kappa shape index (κ2) is 6.34. The number of carbonyl (C=O) groups excluding carboxylic acids is 2. The second-order valence-corrected chi connectivity index (χ2v) is 4.90. The van der Waals surface area contributed by atoms with Crippen LogP contribution >= 0.6 is 0 Å². The smallest absolute Gasteiger partial charge is 0.311 e. The Morgan fingerprint density at radius 2 is 2.05 bits per heavy atom. The maximum atomic E-state index is 12.3. The Bertz CT molecular complexity index is 575. The standard InChI is InChI=1S/C14H16N2O5/c1-21-13-11(3-2-4-12(13)16(19)20)14(18)15-9-5-7-10(17)8-6-9/h2-4,9H,5-8H2,1H3,(H,15,18). The molecule has 0 aromatic heterocycles. The van der Waals surface area contributed by atoms with Crippen LogP contribution in [0.3, 0.4) is 0 Å². The summed E-state index contributed by atoms with van der Waals surface area (Å²) in [6.07, 6.45) is 2.11. The Balaban J connectivity index is 2.17. The van der Waals surface area contributed by atoms with E-state index in [2.05, 4.69) is 5.32 Å². The van der Waals surface area contributed by atoms with Gasteiger partial charge in [-0.05, 0) is 18.9 Å². The molecular formula is C14H16N2O5. The molecule has 0 atom stereocenters. The number of hydrogen-bond donors (Lipinski definition) is 1. The molecule has 0 aliphatic heterocycles. The van der Waals surface area contributed by atoms with Crippen molar-refractivity contribution in [3.05, 3.63) is 33.9 Å². The number of nitrogens with zero attached hydrogens (tertiary/aromatic N) is 1. The van der Waals surface area contributed by atoms with Gasteiger partial charge in [0.05, 0.1) is 17.6 Å². The van der Waals surface area contributed by atoms with E-state index in [0.717, 1.165) is 0 Å². The number of Topliss-reactive ketones (excluding diaryl/α,β-unsaturated/α-hetero) is 1. The summed E-state index contributed by atoms with van der Waals surface area (Å²) in [7, 11) is 1.29. The van der Waals surface area contributed by atoms with E-state index in [1.807, 2.05) is 0 Å². The molecule has 1 saturated carbocycles. The first-order valence-corrected chi connectivity index (χ1v) is 6.67. The molecule has 0 heterocycles. The number of amides is 1. The van der Waals surface area contributed by atoms with E-state index in [9.17, 15) is 19.7 Å². The van der Waals surface area contributed by atoms with Crippen molar-refractivity contribution >= 4 is 17.4 Å². The van der Waals surface area contributed by atoms with Crippen molar-refractivity contribution in [2.24, 2.45) is 0 Å². The molecule has 1 aromatic carbocycles. The van der Waals surface area contributed by atoms with E-state index in [1.165, 1.54) is 25.3 Å². The Hall–Kier alpha value is -2.44. The topological polar surface area (TPSA) is 98.5 Å². The molecule has 7 heteroatoms. The van der Waals surface area contributed by atoms with Gasteiger partial charge in [0.15, 0.2) is 0 Å².